The van der Waals surface area contributed by atoms with Crippen molar-refractivity contribution >= 4 is 27.0 Å². The molecule has 29 heavy (non-hydrogen) atoms. The van der Waals surface area contributed by atoms with Crippen molar-refractivity contribution in [1.29, 1.82) is 0 Å². The number of H-pyrrole nitrogens is 1. The number of para-hydroxylation sites is 2. The molecule has 0 radical (unpaired) electrons. The van der Waals surface area contributed by atoms with Gasteiger partial charge >= 0.3 is 0 Å². The zero-order valence-corrected chi connectivity index (χ0v) is 17.2. The minimum Gasteiger partial charge on any atom is -0.351 e. The van der Waals surface area contributed by atoms with Crippen molar-refractivity contribution in [2.45, 2.75) is 32.4 Å². The fourth-order valence-electron chi connectivity index (χ4n) is 3.73. The van der Waals surface area contributed by atoms with Crippen LogP contribution in [0.4, 0.5) is 0 Å². The van der Waals surface area contributed by atoms with Crippen LogP contribution in [0, 0.1) is 0 Å². The molecule has 1 aromatic carbocycles. The van der Waals surface area contributed by atoms with Crippen LogP contribution in [0.25, 0.3) is 11.0 Å². The number of rotatable bonds is 6. The second kappa shape index (κ2) is 8.00. The van der Waals surface area contributed by atoms with E-state index in [4.69, 9.17) is 0 Å². The number of nitrogens with zero attached hydrogens (tertiary/aromatic N) is 3. The number of carbonyl (C=O) groups excluding carboxylic acids is 1. The number of aromatic nitrogens is 3. The average Bonchev–Trinajstić information content (AvgIpc) is 3.21. The van der Waals surface area contributed by atoms with E-state index in [2.05, 4.69) is 15.3 Å². The third-order valence-electron chi connectivity index (χ3n) is 5.21. The Morgan fingerprint density at radius 1 is 1.21 bits per heavy atom. The molecule has 1 aliphatic heterocycles. The Bertz CT molecular complexity index is 1100. The molecule has 0 unspecified atom stereocenters. The predicted octanol–water partition coefficient (Wildman–Crippen LogP) is 1.89. The molecule has 0 saturated carbocycles. The number of benzene rings is 1. The largest absolute Gasteiger partial charge is 0.351 e. The van der Waals surface area contributed by atoms with E-state index in [-0.39, 0.29) is 5.91 Å². The summed E-state index contributed by atoms with van der Waals surface area (Å²) in [5, 5.41) is 2.97. The minimum absolute atomic E-state index is 0.131. The number of aryl methyl sites for hydroxylation is 1. The molecule has 9 heteroatoms. The molecule has 1 aliphatic rings. The molecule has 154 valence electrons. The molecular formula is C20H25N5O3S. The highest BCUT2D eigenvalue weighted by atomic mass is 32.2. The molecule has 0 aliphatic carbocycles. The van der Waals surface area contributed by atoms with Crippen LogP contribution in [0.3, 0.4) is 0 Å². The first kappa shape index (κ1) is 19.7. The van der Waals surface area contributed by atoms with Crippen LogP contribution in [-0.4, -0.2) is 52.5 Å². The van der Waals surface area contributed by atoms with Gasteiger partial charge in [-0.15, -0.1) is 0 Å². The number of aromatic amines is 1. The molecule has 0 spiro atoms. The summed E-state index contributed by atoms with van der Waals surface area (Å²) < 4.78 is 27.1. The Morgan fingerprint density at radius 3 is 2.83 bits per heavy atom. The van der Waals surface area contributed by atoms with Gasteiger partial charge in [-0.3, -0.25) is 4.79 Å². The summed E-state index contributed by atoms with van der Waals surface area (Å²) >= 11 is 0. The number of hydrogen-bond donors (Lipinski definition) is 2. The van der Waals surface area contributed by atoms with Crippen molar-refractivity contribution in [3.63, 3.8) is 0 Å². The van der Waals surface area contributed by atoms with Crippen molar-refractivity contribution in [2.75, 3.05) is 19.3 Å². The van der Waals surface area contributed by atoms with E-state index in [0.717, 1.165) is 35.4 Å². The number of imidazole rings is 1. The summed E-state index contributed by atoms with van der Waals surface area (Å²) in [6.07, 6.45) is 3.44. The van der Waals surface area contributed by atoms with Gasteiger partial charge in [0.1, 0.15) is 11.5 Å². The van der Waals surface area contributed by atoms with Gasteiger partial charge in [0.2, 0.25) is 10.0 Å². The molecule has 3 heterocycles. The van der Waals surface area contributed by atoms with E-state index in [9.17, 15) is 13.2 Å². The smallest absolute Gasteiger partial charge is 0.267 e. The number of sulfonamides is 1. The lowest BCUT2D eigenvalue weighted by Crippen LogP contribution is -2.29. The summed E-state index contributed by atoms with van der Waals surface area (Å²) in [5.41, 5.74) is 3.40. The standard InChI is InChI=1S/C20H25N5O3S/c1-29(27,28)24-12-5-13-25-15(14-24)9-10-18(25)20(26)21-11-4-8-19-22-16-6-2-3-7-17(16)23-19/h2-3,6-7,9-10H,4-5,8,11-14H2,1H3,(H,21,26)(H,22,23). The Hall–Kier alpha value is -2.65. The molecule has 2 N–H and O–H groups in total. The molecule has 0 fully saturated rings. The third kappa shape index (κ3) is 4.35. The van der Waals surface area contributed by atoms with Crippen LogP contribution in [0.5, 0.6) is 0 Å². The number of fused-ring (bicyclic) bond motifs is 2. The first-order valence-electron chi connectivity index (χ1n) is 9.77. The summed E-state index contributed by atoms with van der Waals surface area (Å²) in [7, 11) is -3.25. The lowest BCUT2D eigenvalue weighted by molar-refractivity contribution is 0.0943. The van der Waals surface area contributed by atoms with Gasteiger partial charge in [0.15, 0.2) is 0 Å². The van der Waals surface area contributed by atoms with Crippen LogP contribution >= 0.6 is 0 Å². The van der Waals surface area contributed by atoms with E-state index >= 15 is 0 Å². The molecule has 2 aromatic heterocycles. The van der Waals surface area contributed by atoms with Crippen LogP contribution in [-0.2, 0) is 29.5 Å². The second-order valence-corrected chi connectivity index (χ2v) is 9.35. The Balaban J connectivity index is 1.34. The van der Waals surface area contributed by atoms with Gasteiger partial charge < -0.3 is 14.9 Å². The van der Waals surface area contributed by atoms with Gasteiger partial charge in [-0.05, 0) is 37.1 Å². The fraction of sp³-hybridized carbons (Fsp3) is 0.400. The highest BCUT2D eigenvalue weighted by Gasteiger charge is 2.24. The van der Waals surface area contributed by atoms with Crippen molar-refractivity contribution in [3.05, 3.63) is 53.6 Å². The zero-order chi connectivity index (χ0) is 20.4. The zero-order valence-electron chi connectivity index (χ0n) is 16.4. The van der Waals surface area contributed by atoms with Gasteiger partial charge in [0, 0.05) is 31.7 Å². The third-order valence-corrected chi connectivity index (χ3v) is 6.46. The van der Waals surface area contributed by atoms with Crippen molar-refractivity contribution in [1.82, 2.24) is 24.2 Å². The topological polar surface area (TPSA) is 100 Å². The van der Waals surface area contributed by atoms with Gasteiger partial charge in [-0.1, -0.05) is 12.1 Å². The highest BCUT2D eigenvalue weighted by Crippen LogP contribution is 2.19. The fourth-order valence-corrected chi connectivity index (χ4v) is 4.56. The Labute approximate surface area is 170 Å². The lowest BCUT2D eigenvalue weighted by Gasteiger charge is -2.16. The van der Waals surface area contributed by atoms with Gasteiger partial charge in [-0.2, -0.15) is 4.31 Å². The Kier molecular flexibility index (Phi) is 5.42. The maximum absolute atomic E-state index is 12.6. The van der Waals surface area contributed by atoms with E-state index < -0.39 is 10.0 Å². The summed E-state index contributed by atoms with van der Waals surface area (Å²) in [6.45, 7) is 1.96. The van der Waals surface area contributed by atoms with E-state index in [1.165, 1.54) is 10.6 Å². The summed E-state index contributed by atoms with van der Waals surface area (Å²) in [4.78, 5) is 20.5. The SMILES string of the molecule is CS(=O)(=O)N1CCCn2c(ccc2C(=O)NCCCc2nc3ccccc3[nH]2)C1. The van der Waals surface area contributed by atoms with Crippen LogP contribution in [0.2, 0.25) is 0 Å². The maximum atomic E-state index is 12.6. The monoisotopic (exact) mass is 415 g/mol. The van der Waals surface area contributed by atoms with Crippen molar-refractivity contribution < 1.29 is 13.2 Å². The molecule has 8 nitrogen and oxygen atoms in total. The number of nitrogens with one attached hydrogen (secondary N) is 2. The lowest BCUT2D eigenvalue weighted by atomic mass is 10.3. The minimum atomic E-state index is -3.25. The molecule has 4 rings (SSSR count). The number of amides is 1. The first-order valence-corrected chi connectivity index (χ1v) is 11.6. The number of carbonyl (C=O) groups is 1. The molecule has 0 bridgehead atoms. The van der Waals surface area contributed by atoms with E-state index in [1.807, 2.05) is 34.9 Å². The molecule has 0 saturated heterocycles. The molecule has 3 aromatic rings. The van der Waals surface area contributed by atoms with Gasteiger partial charge in [0.25, 0.3) is 5.91 Å². The molecular weight excluding hydrogens is 390 g/mol. The average molecular weight is 416 g/mol. The van der Waals surface area contributed by atoms with Crippen molar-refractivity contribution in [3.8, 4) is 0 Å². The first-order chi connectivity index (χ1) is 13.9. The van der Waals surface area contributed by atoms with Gasteiger partial charge in [0.05, 0.1) is 23.8 Å². The van der Waals surface area contributed by atoms with Crippen LogP contribution in [0.15, 0.2) is 36.4 Å². The van der Waals surface area contributed by atoms with Crippen molar-refractivity contribution in [2.24, 2.45) is 0 Å². The Morgan fingerprint density at radius 2 is 2.03 bits per heavy atom. The number of hydrogen-bond acceptors (Lipinski definition) is 4. The van der Waals surface area contributed by atoms with E-state index in [1.54, 1.807) is 6.07 Å². The highest BCUT2D eigenvalue weighted by molar-refractivity contribution is 7.88. The van der Waals surface area contributed by atoms with Crippen LogP contribution < -0.4 is 5.32 Å². The van der Waals surface area contributed by atoms with E-state index in [0.29, 0.717) is 38.3 Å². The predicted molar refractivity (Wildman–Crippen MR) is 111 cm³/mol. The van der Waals surface area contributed by atoms with Crippen LogP contribution in [0.1, 0.15) is 34.8 Å². The molecule has 0 atom stereocenters. The maximum Gasteiger partial charge on any atom is 0.267 e. The summed E-state index contributed by atoms with van der Waals surface area (Å²) in [5.74, 6) is 0.784. The normalized spacial score (nSPS) is 15.2. The quantitative estimate of drug-likeness (QED) is 0.601. The van der Waals surface area contributed by atoms with Gasteiger partial charge in [-0.25, -0.2) is 13.4 Å². The second-order valence-electron chi connectivity index (χ2n) is 7.37. The molecule has 1 amide bonds. The summed E-state index contributed by atoms with van der Waals surface area (Å²) in [6, 6.07) is 11.5.